The van der Waals surface area contributed by atoms with Gasteiger partial charge in [-0.1, -0.05) is 6.07 Å². The van der Waals surface area contributed by atoms with Crippen molar-refractivity contribution in [1.29, 1.82) is 0 Å². The fourth-order valence-corrected chi connectivity index (χ4v) is 2.86. The van der Waals surface area contributed by atoms with Crippen molar-refractivity contribution in [2.45, 2.75) is 26.3 Å². The lowest BCUT2D eigenvalue weighted by Gasteiger charge is -2.09. The van der Waals surface area contributed by atoms with E-state index in [1.807, 2.05) is 22.9 Å². The van der Waals surface area contributed by atoms with E-state index in [9.17, 15) is 4.39 Å². The van der Waals surface area contributed by atoms with Crippen molar-refractivity contribution in [2.24, 2.45) is 5.73 Å². The van der Waals surface area contributed by atoms with Crippen LogP contribution in [0.15, 0.2) is 29.8 Å². The van der Waals surface area contributed by atoms with Gasteiger partial charge in [-0.25, -0.2) is 4.39 Å². The molecule has 0 fully saturated rings. The number of imidazole rings is 1. The van der Waals surface area contributed by atoms with Crippen molar-refractivity contribution in [3.8, 4) is 11.6 Å². The summed E-state index contributed by atoms with van der Waals surface area (Å²) in [7, 11) is 0. The molecule has 2 N–H and O–H groups in total. The fraction of sp³-hybridized carbons (Fsp3) is 0.267. The monoisotopic (exact) mass is 305 g/mol. The highest BCUT2D eigenvalue weighted by atomic mass is 32.1. The molecule has 3 rings (SSSR count). The van der Waals surface area contributed by atoms with Gasteiger partial charge >= 0.3 is 0 Å². The largest absolute Gasteiger partial charge is 0.437 e. The van der Waals surface area contributed by atoms with Crippen LogP contribution in [0.5, 0.6) is 11.6 Å². The molecule has 0 spiro atoms. The molecule has 0 aliphatic heterocycles. The number of hydrogen-bond acceptors (Lipinski definition) is 4. The minimum atomic E-state index is -0.290. The summed E-state index contributed by atoms with van der Waals surface area (Å²) >= 11 is 1.52. The molecular weight excluding hydrogens is 289 g/mol. The van der Waals surface area contributed by atoms with Crippen LogP contribution < -0.4 is 10.5 Å². The molecule has 6 heteroatoms. The Morgan fingerprint density at radius 3 is 3.00 bits per heavy atom. The molecule has 2 aromatic heterocycles. The zero-order valence-electron chi connectivity index (χ0n) is 11.8. The van der Waals surface area contributed by atoms with Gasteiger partial charge in [0, 0.05) is 30.1 Å². The number of nitrogens with two attached hydrogens (primary N) is 1. The SMILES string of the molecule is Cc1ccc(Oc2nc3sccn3c2CC(C)N)cc1F. The van der Waals surface area contributed by atoms with Crippen LogP contribution in [-0.4, -0.2) is 15.4 Å². The van der Waals surface area contributed by atoms with E-state index in [0.717, 1.165) is 10.7 Å². The maximum absolute atomic E-state index is 13.6. The summed E-state index contributed by atoms with van der Waals surface area (Å²) in [5, 5.41) is 1.96. The molecule has 0 amide bonds. The predicted octanol–water partition coefficient (Wildman–Crippen LogP) is 3.53. The lowest BCUT2D eigenvalue weighted by molar-refractivity contribution is 0.451. The number of halogens is 1. The van der Waals surface area contributed by atoms with Gasteiger partial charge in [-0.3, -0.25) is 4.40 Å². The third kappa shape index (κ3) is 2.77. The average Bonchev–Trinajstić information content (AvgIpc) is 2.97. The van der Waals surface area contributed by atoms with E-state index in [4.69, 9.17) is 10.5 Å². The maximum Gasteiger partial charge on any atom is 0.242 e. The first kappa shape index (κ1) is 14.0. The third-order valence-electron chi connectivity index (χ3n) is 3.20. The molecule has 0 aliphatic rings. The summed E-state index contributed by atoms with van der Waals surface area (Å²) in [6.07, 6.45) is 2.58. The zero-order valence-corrected chi connectivity index (χ0v) is 12.7. The summed E-state index contributed by atoms with van der Waals surface area (Å²) in [6.45, 7) is 3.65. The van der Waals surface area contributed by atoms with Crippen LogP contribution in [0.2, 0.25) is 0 Å². The molecular formula is C15H16FN3OS. The lowest BCUT2D eigenvalue weighted by atomic mass is 10.2. The quantitative estimate of drug-likeness (QED) is 0.802. The van der Waals surface area contributed by atoms with E-state index in [-0.39, 0.29) is 11.9 Å². The number of rotatable bonds is 4. The molecule has 1 atom stereocenters. The van der Waals surface area contributed by atoms with Crippen LogP contribution in [0.4, 0.5) is 4.39 Å². The van der Waals surface area contributed by atoms with Crippen LogP contribution >= 0.6 is 11.3 Å². The van der Waals surface area contributed by atoms with E-state index in [2.05, 4.69) is 4.98 Å². The van der Waals surface area contributed by atoms with Crippen LogP contribution in [0.25, 0.3) is 4.96 Å². The highest BCUT2D eigenvalue weighted by molar-refractivity contribution is 7.15. The number of aromatic nitrogens is 2. The van der Waals surface area contributed by atoms with Crippen molar-refractivity contribution in [3.05, 3.63) is 46.9 Å². The molecule has 0 aliphatic carbocycles. The zero-order chi connectivity index (χ0) is 15.0. The Balaban J connectivity index is 1.98. The summed E-state index contributed by atoms with van der Waals surface area (Å²) in [6, 6.07) is 4.79. The number of thiazole rings is 1. The summed E-state index contributed by atoms with van der Waals surface area (Å²) in [5.41, 5.74) is 7.39. The Bertz CT molecular complexity index is 778. The number of hydrogen-bond donors (Lipinski definition) is 1. The minimum absolute atomic E-state index is 0.0121. The molecule has 110 valence electrons. The molecule has 0 saturated heterocycles. The number of fused-ring (bicyclic) bond motifs is 1. The van der Waals surface area contributed by atoms with E-state index < -0.39 is 0 Å². The Kier molecular flexibility index (Phi) is 3.65. The highest BCUT2D eigenvalue weighted by Crippen LogP contribution is 2.29. The van der Waals surface area contributed by atoms with E-state index in [1.54, 1.807) is 19.1 Å². The van der Waals surface area contributed by atoms with Crippen molar-refractivity contribution in [2.75, 3.05) is 0 Å². The topological polar surface area (TPSA) is 52.5 Å². The van der Waals surface area contributed by atoms with Crippen molar-refractivity contribution in [1.82, 2.24) is 9.38 Å². The van der Waals surface area contributed by atoms with Gasteiger partial charge in [0.2, 0.25) is 5.88 Å². The van der Waals surface area contributed by atoms with Gasteiger partial charge in [0.1, 0.15) is 11.6 Å². The van der Waals surface area contributed by atoms with E-state index >= 15 is 0 Å². The highest BCUT2D eigenvalue weighted by Gasteiger charge is 2.17. The standard InChI is InChI=1S/C15H16FN3OS/c1-9-3-4-11(8-12(9)16)20-14-13(7-10(2)17)19-5-6-21-15(19)18-14/h3-6,8,10H,7,17H2,1-2H3. The van der Waals surface area contributed by atoms with Crippen molar-refractivity contribution >= 4 is 16.3 Å². The van der Waals surface area contributed by atoms with Crippen LogP contribution in [0, 0.1) is 12.7 Å². The van der Waals surface area contributed by atoms with Crippen LogP contribution in [-0.2, 0) is 6.42 Å². The van der Waals surface area contributed by atoms with Gasteiger partial charge in [-0.2, -0.15) is 4.98 Å². The summed E-state index contributed by atoms with van der Waals surface area (Å²) < 4.78 is 21.3. The number of benzene rings is 1. The van der Waals surface area contributed by atoms with Gasteiger partial charge in [-0.05, 0) is 25.5 Å². The molecule has 21 heavy (non-hydrogen) atoms. The molecule has 1 aromatic carbocycles. The number of ether oxygens (including phenoxy) is 1. The second-order valence-corrected chi connectivity index (χ2v) is 5.99. The molecule has 4 nitrogen and oxygen atoms in total. The van der Waals surface area contributed by atoms with Gasteiger partial charge in [0.25, 0.3) is 0 Å². The number of nitrogens with zero attached hydrogens (tertiary/aromatic N) is 2. The molecule has 2 heterocycles. The van der Waals surface area contributed by atoms with Gasteiger partial charge in [0.05, 0.1) is 5.69 Å². The summed E-state index contributed by atoms with van der Waals surface area (Å²) in [4.78, 5) is 5.30. The van der Waals surface area contributed by atoms with Crippen LogP contribution in [0.3, 0.4) is 0 Å². The first-order valence-corrected chi connectivity index (χ1v) is 7.56. The smallest absolute Gasteiger partial charge is 0.242 e. The molecule has 3 aromatic rings. The van der Waals surface area contributed by atoms with E-state index in [1.165, 1.54) is 17.4 Å². The first-order valence-electron chi connectivity index (χ1n) is 6.68. The maximum atomic E-state index is 13.6. The fourth-order valence-electron chi connectivity index (χ4n) is 2.13. The van der Waals surface area contributed by atoms with Crippen molar-refractivity contribution < 1.29 is 9.13 Å². The molecule has 0 radical (unpaired) electrons. The molecule has 0 saturated carbocycles. The second kappa shape index (κ2) is 5.46. The Hall–Kier alpha value is -1.92. The third-order valence-corrected chi connectivity index (χ3v) is 3.95. The Morgan fingerprint density at radius 2 is 2.29 bits per heavy atom. The van der Waals surface area contributed by atoms with Gasteiger partial charge < -0.3 is 10.5 Å². The Morgan fingerprint density at radius 1 is 1.48 bits per heavy atom. The Labute approximate surface area is 126 Å². The normalized spacial score (nSPS) is 12.8. The summed E-state index contributed by atoms with van der Waals surface area (Å²) in [5.74, 6) is 0.638. The second-order valence-electron chi connectivity index (χ2n) is 5.11. The molecule has 1 unspecified atom stereocenters. The van der Waals surface area contributed by atoms with Crippen LogP contribution in [0.1, 0.15) is 18.2 Å². The average molecular weight is 305 g/mol. The predicted molar refractivity (Wildman–Crippen MR) is 81.6 cm³/mol. The van der Waals surface area contributed by atoms with E-state index in [0.29, 0.717) is 23.6 Å². The number of aryl methyl sites for hydroxylation is 1. The van der Waals surface area contributed by atoms with Gasteiger partial charge in [0.15, 0.2) is 4.96 Å². The first-order chi connectivity index (χ1) is 10.0. The molecule has 0 bridgehead atoms. The van der Waals surface area contributed by atoms with Gasteiger partial charge in [-0.15, -0.1) is 11.3 Å². The lowest BCUT2D eigenvalue weighted by Crippen LogP contribution is -2.19. The minimum Gasteiger partial charge on any atom is -0.437 e. The van der Waals surface area contributed by atoms with Crippen molar-refractivity contribution in [3.63, 3.8) is 0 Å².